The number of thiocarbonyl (C=S) groups is 1. The molecule has 2 unspecified atom stereocenters. The van der Waals surface area contributed by atoms with E-state index in [1.807, 2.05) is 0 Å². The van der Waals surface area contributed by atoms with Gasteiger partial charge in [0.25, 0.3) is 0 Å². The summed E-state index contributed by atoms with van der Waals surface area (Å²) in [5, 5.41) is 3.21. The van der Waals surface area contributed by atoms with Gasteiger partial charge in [-0.2, -0.15) is 0 Å². The number of benzene rings is 1. The lowest BCUT2D eigenvalue weighted by atomic mass is 9.82. The van der Waals surface area contributed by atoms with Gasteiger partial charge in [-0.15, -0.1) is 0 Å². The maximum Gasteiger partial charge on any atom is 0.146 e. The topological polar surface area (TPSA) is 38.0 Å². The predicted octanol–water partition coefficient (Wildman–Crippen LogP) is 3.70. The zero-order chi connectivity index (χ0) is 13.8. The van der Waals surface area contributed by atoms with E-state index in [9.17, 15) is 4.39 Å². The van der Waals surface area contributed by atoms with E-state index < -0.39 is 0 Å². The minimum Gasteiger partial charge on any atom is -0.389 e. The van der Waals surface area contributed by atoms with Crippen molar-refractivity contribution >= 4 is 22.9 Å². The molecule has 1 saturated carbocycles. The average Bonchev–Trinajstić information content (AvgIpc) is 2.37. The lowest BCUT2D eigenvalue weighted by Crippen LogP contribution is -2.21. The van der Waals surface area contributed by atoms with Gasteiger partial charge in [-0.1, -0.05) is 32.0 Å². The van der Waals surface area contributed by atoms with Crippen LogP contribution in [0.1, 0.15) is 38.2 Å². The first-order valence-corrected chi connectivity index (χ1v) is 7.30. The Morgan fingerprint density at radius 2 is 2.26 bits per heavy atom. The van der Waals surface area contributed by atoms with E-state index in [0.29, 0.717) is 17.2 Å². The summed E-state index contributed by atoms with van der Waals surface area (Å²) < 4.78 is 13.9. The number of nitrogens with two attached hydrogens (primary N) is 1. The van der Waals surface area contributed by atoms with Gasteiger partial charge < -0.3 is 11.1 Å². The monoisotopic (exact) mass is 280 g/mol. The van der Waals surface area contributed by atoms with Gasteiger partial charge >= 0.3 is 0 Å². The molecule has 0 spiro atoms. The van der Waals surface area contributed by atoms with Crippen molar-refractivity contribution in [2.75, 3.05) is 11.9 Å². The minimum atomic E-state index is -0.283. The summed E-state index contributed by atoms with van der Waals surface area (Å²) >= 11 is 4.84. The zero-order valence-electron chi connectivity index (χ0n) is 11.3. The number of nitrogens with one attached hydrogen (secondary N) is 1. The van der Waals surface area contributed by atoms with Crippen molar-refractivity contribution in [1.29, 1.82) is 0 Å². The fourth-order valence-electron chi connectivity index (χ4n) is 2.81. The molecule has 1 aliphatic rings. The number of anilines is 1. The van der Waals surface area contributed by atoms with Crippen LogP contribution in [-0.4, -0.2) is 11.5 Å². The van der Waals surface area contributed by atoms with E-state index in [1.54, 1.807) is 12.1 Å². The normalized spacial score (nSPS) is 23.1. The minimum absolute atomic E-state index is 0.228. The molecule has 0 radical (unpaired) electrons. The first-order chi connectivity index (χ1) is 9.06. The number of halogens is 1. The van der Waals surface area contributed by atoms with Crippen LogP contribution in [0.5, 0.6) is 0 Å². The summed E-state index contributed by atoms with van der Waals surface area (Å²) in [6.07, 6.45) is 5.09. The summed E-state index contributed by atoms with van der Waals surface area (Å²) in [4.78, 5) is 0.228. The number of hydrogen-bond acceptors (Lipinski definition) is 2. The molecule has 4 heteroatoms. The van der Waals surface area contributed by atoms with Crippen LogP contribution in [0.2, 0.25) is 0 Å². The van der Waals surface area contributed by atoms with Crippen molar-refractivity contribution < 1.29 is 4.39 Å². The second-order valence-electron chi connectivity index (χ2n) is 5.58. The molecule has 0 aliphatic heterocycles. The van der Waals surface area contributed by atoms with Gasteiger partial charge in [0.1, 0.15) is 10.8 Å². The quantitative estimate of drug-likeness (QED) is 0.826. The molecular weight excluding hydrogens is 259 g/mol. The Morgan fingerprint density at radius 1 is 1.47 bits per heavy atom. The van der Waals surface area contributed by atoms with Gasteiger partial charge in [0, 0.05) is 12.1 Å². The summed E-state index contributed by atoms with van der Waals surface area (Å²) in [7, 11) is 0. The highest BCUT2D eigenvalue weighted by Crippen LogP contribution is 2.29. The van der Waals surface area contributed by atoms with Crippen LogP contribution in [0, 0.1) is 17.7 Å². The molecule has 1 aromatic carbocycles. The van der Waals surface area contributed by atoms with Crippen LogP contribution < -0.4 is 11.1 Å². The van der Waals surface area contributed by atoms with E-state index in [1.165, 1.54) is 31.7 Å². The smallest absolute Gasteiger partial charge is 0.146 e. The predicted molar refractivity (Wildman–Crippen MR) is 81.9 cm³/mol. The van der Waals surface area contributed by atoms with Crippen molar-refractivity contribution in [2.45, 2.75) is 32.6 Å². The third-order valence-electron chi connectivity index (χ3n) is 3.88. The highest BCUT2D eigenvalue weighted by molar-refractivity contribution is 7.80. The largest absolute Gasteiger partial charge is 0.389 e. The molecular formula is C15H21FN2S. The Bertz CT molecular complexity index is 461. The SMILES string of the molecule is CC1CCCC(CNc2ccc(C(N)=S)cc2F)C1. The zero-order valence-corrected chi connectivity index (χ0v) is 12.1. The fraction of sp³-hybridized carbons (Fsp3) is 0.533. The molecule has 3 N–H and O–H groups in total. The van der Waals surface area contributed by atoms with E-state index in [4.69, 9.17) is 18.0 Å². The Hall–Kier alpha value is -1.16. The van der Waals surface area contributed by atoms with E-state index in [-0.39, 0.29) is 10.8 Å². The van der Waals surface area contributed by atoms with Crippen LogP contribution in [0.3, 0.4) is 0 Å². The Labute approximate surface area is 119 Å². The maximum absolute atomic E-state index is 13.9. The molecule has 2 nitrogen and oxygen atoms in total. The second kappa shape index (κ2) is 6.33. The standard InChI is InChI=1S/C15H21FN2S/c1-10-3-2-4-11(7-10)9-18-14-6-5-12(15(17)19)8-13(14)16/h5-6,8,10-11,18H,2-4,7,9H2,1H3,(H2,17,19). The molecule has 0 bridgehead atoms. The molecule has 104 valence electrons. The molecule has 1 fully saturated rings. The van der Waals surface area contributed by atoms with Gasteiger partial charge in [0.15, 0.2) is 0 Å². The lowest BCUT2D eigenvalue weighted by Gasteiger charge is -2.27. The van der Waals surface area contributed by atoms with E-state index >= 15 is 0 Å². The van der Waals surface area contributed by atoms with Crippen molar-refractivity contribution in [3.05, 3.63) is 29.6 Å². The van der Waals surface area contributed by atoms with Gasteiger partial charge in [0.05, 0.1) is 5.69 Å². The summed E-state index contributed by atoms with van der Waals surface area (Å²) in [5.41, 5.74) is 6.60. The van der Waals surface area contributed by atoms with Crippen LogP contribution in [-0.2, 0) is 0 Å². The molecule has 19 heavy (non-hydrogen) atoms. The summed E-state index contributed by atoms with van der Waals surface area (Å²) in [6.45, 7) is 3.14. The Morgan fingerprint density at radius 3 is 2.89 bits per heavy atom. The number of rotatable bonds is 4. The van der Waals surface area contributed by atoms with Crippen molar-refractivity contribution in [1.82, 2.24) is 0 Å². The van der Waals surface area contributed by atoms with Gasteiger partial charge in [-0.3, -0.25) is 0 Å². The Kier molecular flexibility index (Phi) is 4.75. The molecule has 0 aromatic heterocycles. The van der Waals surface area contributed by atoms with Crippen LogP contribution >= 0.6 is 12.2 Å². The lowest BCUT2D eigenvalue weighted by molar-refractivity contribution is 0.293. The van der Waals surface area contributed by atoms with E-state index in [2.05, 4.69) is 12.2 Å². The van der Waals surface area contributed by atoms with Crippen LogP contribution in [0.4, 0.5) is 10.1 Å². The summed E-state index contributed by atoms with van der Waals surface area (Å²) in [6, 6.07) is 4.88. The van der Waals surface area contributed by atoms with E-state index in [0.717, 1.165) is 12.5 Å². The van der Waals surface area contributed by atoms with Crippen molar-refractivity contribution in [3.63, 3.8) is 0 Å². The third kappa shape index (κ3) is 3.90. The first-order valence-electron chi connectivity index (χ1n) is 6.89. The third-order valence-corrected chi connectivity index (χ3v) is 4.12. The van der Waals surface area contributed by atoms with Crippen LogP contribution in [0.25, 0.3) is 0 Å². The van der Waals surface area contributed by atoms with Gasteiger partial charge in [-0.05, 0) is 42.9 Å². The molecule has 1 aromatic rings. The molecule has 2 atom stereocenters. The molecule has 1 aliphatic carbocycles. The van der Waals surface area contributed by atoms with Gasteiger partial charge in [-0.25, -0.2) is 4.39 Å². The fourth-order valence-corrected chi connectivity index (χ4v) is 2.94. The Balaban J connectivity index is 1.94. The first kappa shape index (κ1) is 14.3. The van der Waals surface area contributed by atoms with Crippen molar-refractivity contribution in [2.24, 2.45) is 17.6 Å². The van der Waals surface area contributed by atoms with Crippen LogP contribution in [0.15, 0.2) is 18.2 Å². The molecule has 0 heterocycles. The second-order valence-corrected chi connectivity index (χ2v) is 6.02. The van der Waals surface area contributed by atoms with Crippen molar-refractivity contribution in [3.8, 4) is 0 Å². The van der Waals surface area contributed by atoms with Gasteiger partial charge in [0.2, 0.25) is 0 Å². The molecule has 0 saturated heterocycles. The number of hydrogen-bond donors (Lipinski definition) is 2. The maximum atomic E-state index is 13.9. The highest BCUT2D eigenvalue weighted by atomic mass is 32.1. The summed E-state index contributed by atoms with van der Waals surface area (Å²) in [5.74, 6) is 1.16. The molecule has 0 amide bonds. The highest BCUT2D eigenvalue weighted by Gasteiger charge is 2.18. The average molecular weight is 280 g/mol. The molecule has 2 rings (SSSR count).